The van der Waals surface area contributed by atoms with Crippen molar-refractivity contribution in [1.29, 1.82) is 0 Å². The third-order valence-corrected chi connectivity index (χ3v) is 6.24. The molecule has 8 heteroatoms. The molecule has 2 aliphatic rings. The molecule has 1 saturated heterocycles. The van der Waals surface area contributed by atoms with Gasteiger partial charge in [-0.2, -0.15) is 0 Å². The summed E-state index contributed by atoms with van der Waals surface area (Å²) in [4.78, 5) is 36.1. The molecule has 1 aliphatic carbocycles. The summed E-state index contributed by atoms with van der Waals surface area (Å²) >= 11 is 0. The number of carbonyl (C=O) groups excluding carboxylic acids is 2. The first-order valence-corrected chi connectivity index (χ1v) is 11.2. The Morgan fingerprint density at radius 3 is 2.30 bits per heavy atom. The maximum atomic E-state index is 12.8. The van der Waals surface area contributed by atoms with E-state index in [1.165, 1.54) is 0 Å². The molecule has 0 bridgehead atoms. The van der Waals surface area contributed by atoms with Gasteiger partial charge in [0.25, 0.3) is 0 Å². The zero-order chi connectivity index (χ0) is 23.3. The Bertz CT molecular complexity index is 986. The second kappa shape index (κ2) is 10.0. The predicted molar refractivity (Wildman–Crippen MR) is 121 cm³/mol. The molecule has 33 heavy (non-hydrogen) atoms. The highest BCUT2D eigenvalue weighted by atomic mass is 16.6. The smallest absolute Gasteiger partial charge is 0.408 e. The van der Waals surface area contributed by atoms with Crippen molar-refractivity contribution >= 4 is 18.0 Å². The molecule has 174 valence electrons. The highest BCUT2D eigenvalue weighted by Gasteiger charge is 2.44. The number of ether oxygens (including phenoxy) is 2. The van der Waals surface area contributed by atoms with Gasteiger partial charge in [-0.25, -0.2) is 4.79 Å². The average molecular weight is 453 g/mol. The molecule has 1 aliphatic heterocycles. The highest BCUT2D eigenvalue weighted by Crippen LogP contribution is 2.44. The average Bonchev–Trinajstić information content (AvgIpc) is 3.41. The maximum absolute atomic E-state index is 12.8. The number of carbonyl (C=O) groups is 3. The SMILES string of the molecule is O=C(O)CCCCNC(=O)C1(NC(=O)OCC2c3ccccc3-c3ccccc32)CCOC1. The Morgan fingerprint density at radius 1 is 1.03 bits per heavy atom. The van der Waals surface area contributed by atoms with E-state index >= 15 is 0 Å². The van der Waals surface area contributed by atoms with Crippen LogP contribution in [-0.4, -0.2) is 55.0 Å². The van der Waals surface area contributed by atoms with Crippen molar-refractivity contribution in [2.75, 3.05) is 26.4 Å². The molecule has 1 fully saturated rings. The van der Waals surface area contributed by atoms with Crippen molar-refractivity contribution < 1.29 is 29.0 Å². The summed E-state index contributed by atoms with van der Waals surface area (Å²) in [6.07, 6.45) is 0.752. The Kier molecular flexibility index (Phi) is 6.93. The predicted octanol–water partition coefficient (Wildman–Crippen LogP) is 3.06. The molecule has 0 saturated carbocycles. The van der Waals surface area contributed by atoms with Crippen LogP contribution in [0.1, 0.15) is 42.7 Å². The van der Waals surface area contributed by atoms with Gasteiger partial charge >= 0.3 is 12.1 Å². The van der Waals surface area contributed by atoms with Crippen molar-refractivity contribution in [2.24, 2.45) is 0 Å². The summed E-state index contributed by atoms with van der Waals surface area (Å²) in [5.41, 5.74) is 3.33. The van der Waals surface area contributed by atoms with E-state index in [2.05, 4.69) is 22.8 Å². The molecule has 8 nitrogen and oxygen atoms in total. The van der Waals surface area contributed by atoms with Crippen LogP contribution in [0.25, 0.3) is 11.1 Å². The van der Waals surface area contributed by atoms with E-state index in [1.54, 1.807) is 0 Å². The molecule has 0 spiro atoms. The minimum atomic E-state index is -1.19. The molecule has 1 atom stereocenters. The van der Waals surface area contributed by atoms with E-state index in [4.69, 9.17) is 14.6 Å². The molecule has 0 radical (unpaired) electrons. The molecule has 2 aromatic carbocycles. The third kappa shape index (κ3) is 5.01. The number of rotatable bonds is 9. The largest absolute Gasteiger partial charge is 0.481 e. The summed E-state index contributed by atoms with van der Waals surface area (Å²) < 4.78 is 11.0. The summed E-state index contributed by atoms with van der Waals surface area (Å²) in [7, 11) is 0. The lowest BCUT2D eigenvalue weighted by Gasteiger charge is -2.27. The zero-order valence-electron chi connectivity index (χ0n) is 18.3. The van der Waals surface area contributed by atoms with Crippen molar-refractivity contribution in [3.05, 3.63) is 59.7 Å². The molecule has 2 amide bonds. The summed E-state index contributed by atoms with van der Waals surface area (Å²) in [5, 5.41) is 14.2. The molecular weight excluding hydrogens is 424 g/mol. The van der Waals surface area contributed by atoms with Crippen molar-refractivity contribution in [3.63, 3.8) is 0 Å². The van der Waals surface area contributed by atoms with Gasteiger partial charge in [0, 0.05) is 31.9 Å². The lowest BCUT2D eigenvalue weighted by atomic mass is 9.97. The Labute approximate surface area is 192 Å². The molecule has 2 aromatic rings. The number of benzene rings is 2. The lowest BCUT2D eigenvalue weighted by molar-refractivity contribution is -0.137. The van der Waals surface area contributed by atoms with Gasteiger partial charge < -0.3 is 25.2 Å². The van der Waals surface area contributed by atoms with Gasteiger partial charge in [0.2, 0.25) is 5.91 Å². The Morgan fingerprint density at radius 2 is 1.70 bits per heavy atom. The van der Waals surface area contributed by atoms with Gasteiger partial charge in [-0.15, -0.1) is 0 Å². The van der Waals surface area contributed by atoms with Gasteiger partial charge in [-0.05, 0) is 35.1 Å². The van der Waals surface area contributed by atoms with E-state index < -0.39 is 17.6 Å². The lowest BCUT2D eigenvalue weighted by Crippen LogP contribution is -2.59. The van der Waals surface area contributed by atoms with Crippen molar-refractivity contribution in [3.8, 4) is 11.1 Å². The number of carboxylic acid groups (broad SMARTS) is 1. The van der Waals surface area contributed by atoms with Gasteiger partial charge in [0.1, 0.15) is 12.1 Å². The fourth-order valence-corrected chi connectivity index (χ4v) is 4.50. The Hall–Kier alpha value is -3.39. The van der Waals surface area contributed by atoms with Crippen LogP contribution in [0.4, 0.5) is 4.79 Å². The van der Waals surface area contributed by atoms with Crippen LogP contribution in [0.3, 0.4) is 0 Å². The first-order chi connectivity index (χ1) is 16.0. The summed E-state index contributed by atoms with van der Waals surface area (Å²) in [5.74, 6) is -1.27. The second-order valence-electron chi connectivity index (χ2n) is 8.44. The maximum Gasteiger partial charge on any atom is 0.408 e. The van der Waals surface area contributed by atoms with Crippen LogP contribution in [0.15, 0.2) is 48.5 Å². The normalized spacial score (nSPS) is 18.9. The number of amides is 2. The summed E-state index contributed by atoms with van der Waals surface area (Å²) in [6.45, 7) is 0.919. The first-order valence-electron chi connectivity index (χ1n) is 11.2. The van der Waals surface area contributed by atoms with Crippen molar-refractivity contribution in [1.82, 2.24) is 10.6 Å². The van der Waals surface area contributed by atoms with E-state index in [0.29, 0.717) is 32.4 Å². The molecule has 3 N–H and O–H groups in total. The monoisotopic (exact) mass is 452 g/mol. The number of alkyl carbamates (subject to hydrolysis) is 1. The van der Waals surface area contributed by atoms with Crippen LogP contribution in [-0.2, 0) is 19.1 Å². The number of hydrogen-bond acceptors (Lipinski definition) is 5. The van der Waals surface area contributed by atoms with Crippen LogP contribution in [0.2, 0.25) is 0 Å². The Balaban J connectivity index is 1.35. The number of nitrogens with one attached hydrogen (secondary N) is 2. The molecule has 1 unspecified atom stereocenters. The van der Waals surface area contributed by atoms with E-state index in [1.807, 2.05) is 36.4 Å². The molecule has 4 rings (SSSR count). The van der Waals surface area contributed by atoms with Gasteiger partial charge in [-0.1, -0.05) is 48.5 Å². The minimum absolute atomic E-state index is 0.0577. The topological polar surface area (TPSA) is 114 Å². The standard InChI is InChI=1S/C25H28N2O6/c28-22(29)11-5-6-13-26-23(30)25(12-14-32-16-25)27-24(31)33-15-21-19-9-3-1-7-17(19)18-8-2-4-10-20(18)21/h1-4,7-10,21H,5-6,11-16H2,(H,26,30)(H,27,31)(H,28,29). The van der Waals surface area contributed by atoms with Gasteiger partial charge in [-0.3, -0.25) is 9.59 Å². The number of fused-ring (bicyclic) bond motifs is 3. The zero-order valence-corrected chi connectivity index (χ0v) is 18.3. The fourth-order valence-electron chi connectivity index (χ4n) is 4.50. The van der Waals surface area contributed by atoms with E-state index in [9.17, 15) is 14.4 Å². The number of unbranched alkanes of at least 4 members (excludes halogenated alkanes) is 1. The number of aliphatic carboxylic acids is 1. The van der Waals surface area contributed by atoms with Crippen LogP contribution < -0.4 is 10.6 Å². The van der Waals surface area contributed by atoms with Crippen LogP contribution >= 0.6 is 0 Å². The highest BCUT2D eigenvalue weighted by molar-refractivity contribution is 5.90. The van der Waals surface area contributed by atoms with Gasteiger partial charge in [0.05, 0.1) is 6.61 Å². The van der Waals surface area contributed by atoms with E-state index in [0.717, 1.165) is 22.3 Å². The first kappa shape index (κ1) is 22.8. The summed E-state index contributed by atoms with van der Waals surface area (Å²) in [6, 6.07) is 16.2. The van der Waals surface area contributed by atoms with Crippen LogP contribution in [0.5, 0.6) is 0 Å². The number of hydrogen-bond donors (Lipinski definition) is 3. The molecular formula is C25H28N2O6. The quantitative estimate of drug-likeness (QED) is 0.504. The number of carboxylic acids is 1. The van der Waals surface area contributed by atoms with Gasteiger partial charge in [0.15, 0.2) is 0 Å². The fraction of sp³-hybridized carbons (Fsp3) is 0.400. The van der Waals surface area contributed by atoms with Crippen LogP contribution in [0, 0.1) is 0 Å². The van der Waals surface area contributed by atoms with E-state index in [-0.39, 0.29) is 31.5 Å². The third-order valence-electron chi connectivity index (χ3n) is 6.24. The second-order valence-corrected chi connectivity index (χ2v) is 8.44. The van der Waals surface area contributed by atoms with Crippen molar-refractivity contribution in [2.45, 2.75) is 37.1 Å². The molecule has 0 aromatic heterocycles. The molecule has 1 heterocycles. The minimum Gasteiger partial charge on any atom is -0.481 e.